The molecule has 1 unspecified atom stereocenters. The van der Waals surface area contributed by atoms with E-state index in [1.807, 2.05) is 0 Å². The number of unbranched alkanes of at least 4 members (excludes halogenated alkanes) is 3. The van der Waals surface area contributed by atoms with Crippen LogP contribution in [-0.2, 0) is 0 Å². The van der Waals surface area contributed by atoms with Crippen molar-refractivity contribution >= 4 is 5.57 Å². The summed E-state index contributed by atoms with van der Waals surface area (Å²) in [5, 5.41) is 0. The molecule has 0 nitrogen and oxygen atoms in total. The molecule has 0 spiro atoms. The van der Waals surface area contributed by atoms with Gasteiger partial charge >= 0.3 is 0 Å². The van der Waals surface area contributed by atoms with Gasteiger partial charge in [0, 0.05) is 0 Å². The van der Waals surface area contributed by atoms with Crippen LogP contribution in [0, 0.1) is 11.8 Å². The maximum Gasteiger partial charge on any atom is -0.0162 e. The predicted octanol–water partition coefficient (Wildman–Crippen LogP) is 8.52. The van der Waals surface area contributed by atoms with Gasteiger partial charge in [-0.05, 0) is 79.4 Å². The zero-order valence-electron chi connectivity index (χ0n) is 17.3. The molecule has 1 saturated carbocycles. The van der Waals surface area contributed by atoms with Crippen LogP contribution >= 0.6 is 0 Å². The van der Waals surface area contributed by atoms with Crippen molar-refractivity contribution in [1.29, 1.82) is 0 Å². The highest BCUT2D eigenvalue weighted by Gasteiger charge is 2.21. The first kappa shape index (κ1) is 19.7. The summed E-state index contributed by atoms with van der Waals surface area (Å²) in [6.07, 6.45) is 20.7. The maximum atomic E-state index is 2.55. The lowest BCUT2D eigenvalue weighted by Crippen LogP contribution is -2.12. The third kappa shape index (κ3) is 5.48. The van der Waals surface area contributed by atoms with Crippen LogP contribution < -0.4 is 0 Å². The molecule has 0 aromatic heterocycles. The van der Waals surface area contributed by atoms with Crippen molar-refractivity contribution in [3.8, 4) is 0 Å². The lowest BCUT2D eigenvalue weighted by molar-refractivity contribution is 0.319. The molecule has 0 N–H and O–H groups in total. The largest absolute Gasteiger partial charge is 0.0804 e. The van der Waals surface area contributed by atoms with Gasteiger partial charge in [-0.25, -0.2) is 0 Å². The van der Waals surface area contributed by atoms with Gasteiger partial charge in [0.25, 0.3) is 0 Å². The Bertz CT molecular complexity index is 542. The van der Waals surface area contributed by atoms with Gasteiger partial charge in [0.05, 0.1) is 0 Å². The Hall–Kier alpha value is -1.04. The summed E-state index contributed by atoms with van der Waals surface area (Å²) in [6, 6.07) is 9.69. The molecule has 0 heteroatoms. The maximum absolute atomic E-state index is 2.55. The van der Waals surface area contributed by atoms with Gasteiger partial charge in [0.1, 0.15) is 0 Å². The van der Waals surface area contributed by atoms with Crippen molar-refractivity contribution < 1.29 is 0 Å². The number of benzene rings is 1. The van der Waals surface area contributed by atoms with E-state index in [9.17, 15) is 0 Å². The third-order valence-corrected chi connectivity index (χ3v) is 7.16. The Labute approximate surface area is 162 Å². The SMILES string of the molecule is CCCCCCC1CC=C(c2ccc(C3CCC(CC)CC3)cc2)CC1. The van der Waals surface area contributed by atoms with Crippen LogP contribution in [0.3, 0.4) is 0 Å². The summed E-state index contributed by atoms with van der Waals surface area (Å²) >= 11 is 0. The van der Waals surface area contributed by atoms with E-state index in [1.165, 1.54) is 89.0 Å². The highest BCUT2D eigenvalue weighted by Crippen LogP contribution is 2.38. The van der Waals surface area contributed by atoms with E-state index in [1.54, 1.807) is 11.1 Å². The van der Waals surface area contributed by atoms with Crippen LogP contribution in [0.2, 0.25) is 0 Å². The molecule has 0 amide bonds. The van der Waals surface area contributed by atoms with E-state index in [0.717, 1.165) is 17.8 Å². The summed E-state index contributed by atoms with van der Waals surface area (Å²) in [6.45, 7) is 4.66. The fraction of sp³-hybridized carbons (Fsp3) is 0.692. The summed E-state index contributed by atoms with van der Waals surface area (Å²) in [5.41, 5.74) is 4.69. The fourth-order valence-corrected chi connectivity index (χ4v) is 5.15. The fourth-order valence-electron chi connectivity index (χ4n) is 5.15. The minimum absolute atomic E-state index is 0.819. The predicted molar refractivity (Wildman–Crippen MR) is 116 cm³/mol. The van der Waals surface area contributed by atoms with Crippen LogP contribution in [0.25, 0.3) is 5.57 Å². The topological polar surface area (TPSA) is 0 Å². The molecule has 0 bridgehead atoms. The average molecular weight is 353 g/mol. The molecular formula is C26H40. The zero-order valence-corrected chi connectivity index (χ0v) is 17.3. The van der Waals surface area contributed by atoms with Gasteiger partial charge in [-0.3, -0.25) is 0 Å². The number of hydrogen-bond acceptors (Lipinski definition) is 0. The Morgan fingerprint density at radius 2 is 1.58 bits per heavy atom. The standard InChI is InChI=1S/C26H40/c1-3-5-6-7-8-22-11-15-24(16-12-22)26-19-17-25(18-20-26)23-13-9-21(4-2)10-14-23/h15,17-23H,3-14,16H2,1-2H3. The molecule has 2 aliphatic carbocycles. The smallest absolute Gasteiger partial charge is 0.0162 e. The second kappa shape index (κ2) is 10.3. The lowest BCUT2D eigenvalue weighted by Gasteiger charge is -2.28. The Kier molecular flexibility index (Phi) is 7.84. The van der Waals surface area contributed by atoms with Crippen molar-refractivity contribution in [2.45, 2.75) is 103 Å². The van der Waals surface area contributed by atoms with Crippen molar-refractivity contribution in [2.24, 2.45) is 11.8 Å². The normalized spacial score (nSPS) is 26.5. The molecule has 0 aliphatic heterocycles. The van der Waals surface area contributed by atoms with Crippen LogP contribution in [0.15, 0.2) is 30.3 Å². The second-order valence-corrected chi connectivity index (χ2v) is 8.97. The number of rotatable bonds is 8. The minimum Gasteiger partial charge on any atom is -0.0804 e. The first-order valence-electron chi connectivity index (χ1n) is 11.6. The van der Waals surface area contributed by atoms with E-state index in [4.69, 9.17) is 0 Å². The van der Waals surface area contributed by atoms with Crippen LogP contribution in [0.1, 0.15) is 114 Å². The van der Waals surface area contributed by atoms with Crippen molar-refractivity contribution in [1.82, 2.24) is 0 Å². The Morgan fingerprint density at radius 3 is 2.19 bits per heavy atom. The third-order valence-electron chi connectivity index (χ3n) is 7.16. The summed E-state index contributed by atoms with van der Waals surface area (Å²) < 4.78 is 0. The molecule has 0 radical (unpaired) electrons. The molecule has 144 valence electrons. The molecule has 1 fully saturated rings. The zero-order chi connectivity index (χ0) is 18.2. The average Bonchev–Trinajstić information content (AvgIpc) is 2.72. The van der Waals surface area contributed by atoms with Gasteiger partial charge in [0.15, 0.2) is 0 Å². The molecule has 3 rings (SSSR count). The Morgan fingerprint density at radius 1 is 0.808 bits per heavy atom. The van der Waals surface area contributed by atoms with Crippen molar-refractivity contribution in [3.05, 3.63) is 41.5 Å². The molecule has 0 heterocycles. The second-order valence-electron chi connectivity index (χ2n) is 8.97. The molecular weight excluding hydrogens is 312 g/mol. The highest BCUT2D eigenvalue weighted by molar-refractivity contribution is 5.66. The quantitative estimate of drug-likeness (QED) is 0.411. The van der Waals surface area contributed by atoms with E-state index in [-0.39, 0.29) is 0 Å². The van der Waals surface area contributed by atoms with Crippen molar-refractivity contribution in [3.63, 3.8) is 0 Å². The van der Waals surface area contributed by atoms with E-state index < -0.39 is 0 Å². The Balaban J connectivity index is 1.49. The van der Waals surface area contributed by atoms with Gasteiger partial charge in [-0.2, -0.15) is 0 Å². The minimum atomic E-state index is 0.819. The highest BCUT2D eigenvalue weighted by atomic mass is 14.3. The molecule has 1 atom stereocenters. The number of hydrogen-bond donors (Lipinski definition) is 0. The first-order chi connectivity index (χ1) is 12.8. The van der Waals surface area contributed by atoms with Gasteiger partial charge in [0.2, 0.25) is 0 Å². The van der Waals surface area contributed by atoms with E-state index >= 15 is 0 Å². The van der Waals surface area contributed by atoms with Crippen molar-refractivity contribution in [2.75, 3.05) is 0 Å². The lowest BCUT2D eigenvalue weighted by atomic mass is 9.77. The summed E-state index contributed by atoms with van der Waals surface area (Å²) in [7, 11) is 0. The molecule has 26 heavy (non-hydrogen) atoms. The molecule has 1 aromatic rings. The van der Waals surface area contributed by atoms with Gasteiger partial charge < -0.3 is 0 Å². The molecule has 2 aliphatic rings. The molecule has 0 saturated heterocycles. The monoisotopic (exact) mass is 352 g/mol. The van der Waals surface area contributed by atoms with Crippen LogP contribution in [-0.4, -0.2) is 0 Å². The first-order valence-corrected chi connectivity index (χ1v) is 11.6. The van der Waals surface area contributed by atoms with Crippen LogP contribution in [0.4, 0.5) is 0 Å². The number of allylic oxidation sites excluding steroid dienone is 2. The molecule has 1 aromatic carbocycles. The van der Waals surface area contributed by atoms with E-state index in [0.29, 0.717) is 0 Å². The van der Waals surface area contributed by atoms with Gasteiger partial charge in [-0.15, -0.1) is 0 Å². The summed E-state index contributed by atoms with van der Waals surface area (Å²) in [4.78, 5) is 0. The van der Waals surface area contributed by atoms with Gasteiger partial charge in [-0.1, -0.05) is 82.7 Å². The van der Waals surface area contributed by atoms with E-state index in [2.05, 4.69) is 44.2 Å². The van der Waals surface area contributed by atoms with Crippen LogP contribution in [0.5, 0.6) is 0 Å². The summed E-state index contributed by atoms with van der Waals surface area (Å²) in [5.74, 6) is 2.76.